The maximum absolute atomic E-state index is 3.82. The lowest BCUT2D eigenvalue weighted by atomic mass is 9.80. The second-order valence-electron chi connectivity index (χ2n) is 6.69. The summed E-state index contributed by atoms with van der Waals surface area (Å²) in [6.07, 6.45) is 14.0. The van der Waals surface area contributed by atoms with Gasteiger partial charge in [0.05, 0.1) is 0 Å². The minimum atomic E-state index is 0.505. The number of nitrogens with zero attached hydrogens (tertiary/aromatic N) is 1. The van der Waals surface area contributed by atoms with Gasteiger partial charge in [-0.2, -0.15) is 0 Å². The highest BCUT2D eigenvalue weighted by atomic mass is 79.9. The summed E-state index contributed by atoms with van der Waals surface area (Å²) in [6.45, 7) is 5.95. The SMILES string of the molecule is CCCC(CBr)(CCC)CN(C)C1CCCCCC1. The molecule has 0 radical (unpaired) electrons. The molecule has 1 aliphatic carbocycles. The highest BCUT2D eigenvalue weighted by Crippen LogP contribution is 2.34. The first-order chi connectivity index (χ1) is 9.17. The standard InChI is InChI=1S/C17H34BrN/c1-4-12-17(14-18,13-5-2)15-19(3)16-10-8-6-7-9-11-16/h16H,4-15H2,1-3H3. The van der Waals surface area contributed by atoms with Gasteiger partial charge in [-0.3, -0.25) is 0 Å². The van der Waals surface area contributed by atoms with Crippen molar-refractivity contribution in [1.29, 1.82) is 0 Å². The molecule has 0 aromatic rings. The largest absolute Gasteiger partial charge is 0.303 e. The van der Waals surface area contributed by atoms with E-state index < -0.39 is 0 Å². The van der Waals surface area contributed by atoms with E-state index in [0.717, 1.165) is 6.04 Å². The molecule has 0 unspecified atom stereocenters. The molecule has 2 heteroatoms. The Morgan fingerprint density at radius 1 is 1.00 bits per heavy atom. The summed E-state index contributed by atoms with van der Waals surface area (Å²) in [5.41, 5.74) is 0.505. The second kappa shape index (κ2) is 9.39. The van der Waals surface area contributed by atoms with Crippen molar-refractivity contribution in [1.82, 2.24) is 4.90 Å². The molecule has 0 aromatic carbocycles. The predicted molar refractivity (Wildman–Crippen MR) is 90.2 cm³/mol. The second-order valence-corrected chi connectivity index (χ2v) is 7.25. The first kappa shape index (κ1) is 17.5. The van der Waals surface area contributed by atoms with Gasteiger partial charge in [-0.1, -0.05) is 68.3 Å². The van der Waals surface area contributed by atoms with E-state index in [1.807, 2.05) is 0 Å². The molecular formula is C17H34BrN. The summed E-state index contributed by atoms with van der Waals surface area (Å²) < 4.78 is 0. The fourth-order valence-corrected chi connectivity index (χ4v) is 4.61. The Balaban J connectivity index is 2.59. The minimum Gasteiger partial charge on any atom is -0.303 e. The van der Waals surface area contributed by atoms with Crippen molar-refractivity contribution >= 4 is 15.9 Å². The van der Waals surface area contributed by atoms with Gasteiger partial charge in [0.15, 0.2) is 0 Å². The Bertz CT molecular complexity index is 215. The van der Waals surface area contributed by atoms with E-state index in [4.69, 9.17) is 0 Å². The monoisotopic (exact) mass is 331 g/mol. The van der Waals surface area contributed by atoms with E-state index in [9.17, 15) is 0 Å². The molecule has 0 spiro atoms. The van der Waals surface area contributed by atoms with Gasteiger partial charge in [0.2, 0.25) is 0 Å². The van der Waals surface area contributed by atoms with Crippen molar-refractivity contribution in [2.24, 2.45) is 5.41 Å². The van der Waals surface area contributed by atoms with Crippen LogP contribution in [-0.2, 0) is 0 Å². The Morgan fingerprint density at radius 3 is 1.95 bits per heavy atom. The van der Waals surface area contributed by atoms with E-state index in [2.05, 4.69) is 41.7 Å². The molecule has 0 aliphatic heterocycles. The zero-order chi connectivity index (χ0) is 14.1. The zero-order valence-corrected chi connectivity index (χ0v) is 15.0. The van der Waals surface area contributed by atoms with Crippen molar-refractivity contribution in [3.05, 3.63) is 0 Å². The fraction of sp³-hybridized carbons (Fsp3) is 1.00. The summed E-state index contributed by atoms with van der Waals surface area (Å²) in [6, 6.07) is 0.842. The van der Waals surface area contributed by atoms with Crippen molar-refractivity contribution in [2.75, 3.05) is 18.9 Å². The van der Waals surface area contributed by atoms with Gasteiger partial charge in [-0.15, -0.1) is 0 Å². The number of rotatable bonds is 8. The Hall–Kier alpha value is 0.440. The van der Waals surface area contributed by atoms with Crippen molar-refractivity contribution in [3.8, 4) is 0 Å². The molecule has 0 atom stereocenters. The third kappa shape index (κ3) is 5.75. The molecule has 0 heterocycles. The third-order valence-corrected chi connectivity index (χ3v) is 6.07. The van der Waals surface area contributed by atoms with Crippen LogP contribution in [0, 0.1) is 5.41 Å². The van der Waals surface area contributed by atoms with E-state index in [0.29, 0.717) is 5.41 Å². The van der Waals surface area contributed by atoms with Crippen LogP contribution in [0.1, 0.15) is 78.1 Å². The Kier molecular flexibility index (Phi) is 8.64. The average Bonchev–Trinajstić information content (AvgIpc) is 2.68. The highest BCUT2D eigenvalue weighted by molar-refractivity contribution is 9.09. The van der Waals surface area contributed by atoms with E-state index in [1.165, 1.54) is 76.1 Å². The summed E-state index contributed by atoms with van der Waals surface area (Å²) >= 11 is 3.82. The van der Waals surface area contributed by atoms with E-state index >= 15 is 0 Å². The summed E-state index contributed by atoms with van der Waals surface area (Å²) in [7, 11) is 2.37. The molecule has 0 saturated heterocycles. The molecule has 114 valence electrons. The van der Waals surface area contributed by atoms with Crippen LogP contribution in [0.15, 0.2) is 0 Å². The summed E-state index contributed by atoms with van der Waals surface area (Å²) in [4.78, 5) is 2.69. The molecule has 0 aromatic heterocycles. The van der Waals surface area contributed by atoms with Gasteiger partial charge in [-0.05, 0) is 38.1 Å². The van der Waals surface area contributed by atoms with E-state index in [-0.39, 0.29) is 0 Å². The molecule has 1 fully saturated rings. The first-order valence-corrected chi connectivity index (χ1v) is 9.56. The van der Waals surface area contributed by atoms with Crippen LogP contribution in [0.2, 0.25) is 0 Å². The van der Waals surface area contributed by atoms with Gasteiger partial charge < -0.3 is 4.90 Å². The molecular weight excluding hydrogens is 298 g/mol. The van der Waals surface area contributed by atoms with Crippen LogP contribution >= 0.6 is 15.9 Å². The van der Waals surface area contributed by atoms with Crippen LogP contribution in [0.3, 0.4) is 0 Å². The molecule has 0 bridgehead atoms. The lowest BCUT2D eigenvalue weighted by Gasteiger charge is -2.39. The van der Waals surface area contributed by atoms with Gasteiger partial charge in [0.1, 0.15) is 0 Å². The van der Waals surface area contributed by atoms with E-state index in [1.54, 1.807) is 0 Å². The van der Waals surface area contributed by atoms with Gasteiger partial charge in [0, 0.05) is 17.9 Å². The highest BCUT2D eigenvalue weighted by Gasteiger charge is 2.30. The summed E-state index contributed by atoms with van der Waals surface area (Å²) in [5, 5.41) is 1.17. The van der Waals surface area contributed by atoms with Gasteiger partial charge >= 0.3 is 0 Å². The smallest absolute Gasteiger partial charge is 0.0100 e. The topological polar surface area (TPSA) is 3.24 Å². The van der Waals surface area contributed by atoms with Gasteiger partial charge in [0.25, 0.3) is 0 Å². The Morgan fingerprint density at radius 2 is 1.53 bits per heavy atom. The number of alkyl halides is 1. The predicted octanol–water partition coefficient (Wildman–Crippen LogP) is 5.62. The third-order valence-electron chi connectivity index (χ3n) is 4.88. The molecule has 0 amide bonds. The quantitative estimate of drug-likeness (QED) is 0.412. The maximum atomic E-state index is 3.82. The van der Waals surface area contributed by atoms with Crippen LogP contribution in [0.5, 0.6) is 0 Å². The van der Waals surface area contributed by atoms with Crippen LogP contribution in [0.4, 0.5) is 0 Å². The molecule has 1 saturated carbocycles. The number of hydrogen-bond acceptors (Lipinski definition) is 1. The molecule has 19 heavy (non-hydrogen) atoms. The average molecular weight is 332 g/mol. The number of hydrogen-bond donors (Lipinski definition) is 0. The van der Waals surface area contributed by atoms with Crippen molar-refractivity contribution < 1.29 is 0 Å². The van der Waals surface area contributed by atoms with Crippen LogP contribution in [0.25, 0.3) is 0 Å². The lowest BCUT2D eigenvalue weighted by Crippen LogP contribution is -2.42. The number of halogens is 1. The van der Waals surface area contributed by atoms with Crippen LogP contribution < -0.4 is 0 Å². The first-order valence-electron chi connectivity index (χ1n) is 8.43. The fourth-order valence-electron chi connectivity index (χ4n) is 3.88. The normalized spacial score (nSPS) is 18.8. The molecule has 1 aliphatic rings. The molecule has 0 N–H and O–H groups in total. The molecule has 1 rings (SSSR count). The molecule has 1 nitrogen and oxygen atoms in total. The Labute approximate surface area is 129 Å². The maximum Gasteiger partial charge on any atom is 0.0100 e. The lowest BCUT2D eigenvalue weighted by molar-refractivity contribution is 0.124. The summed E-state index contributed by atoms with van der Waals surface area (Å²) in [5.74, 6) is 0. The van der Waals surface area contributed by atoms with Crippen molar-refractivity contribution in [2.45, 2.75) is 84.1 Å². The zero-order valence-electron chi connectivity index (χ0n) is 13.4. The van der Waals surface area contributed by atoms with Crippen LogP contribution in [-0.4, -0.2) is 29.9 Å². The minimum absolute atomic E-state index is 0.505. The van der Waals surface area contributed by atoms with Gasteiger partial charge in [-0.25, -0.2) is 0 Å². The van der Waals surface area contributed by atoms with Crippen molar-refractivity contribution in [3.63, 3.8) is 0 Å².